The number of fused-ring (bicyclic) bond motifs is 1. The summed E-state index contributed by atoms with van der Waals surface area (Å²) in [5, 5.41) is 14.5. The summed E-state index contributed by atoms with van der Waals surface area (Å²) in [6.45, 7) is 5.53. The van der Waals surface area contributed by atoms with Crippen LogP contribution in [0.1, 0.15) is 19.7 Å². The fourth-order valence-electron chi connectivity index (χ4n) is 1.79. The molecule has 20 heavy (non-hydrogen) atoms. The number of hydrogen-bond donors (Lipinski definition) is 3. The second kappa shape index (κ2) is 5.92. The Kier molecular flexibility index (Phi) is 4.24. The number of aliphatic hydroxyl groups excluding tert-OH is 1. The SMILES string of the molecule is Cc1nc2ccc(NC(=O)NC(C)C(C)CO)cc2o1. The summed E-state index contributed by atoms with van der Waals surface area (Å²) in [5.74, 6) is 0.590. The lowest BCUT2D eigenvalue weighted by atomic mass is 10.1. The molecule has 0 fully saturated rings. The van der Waals surface area contributed by atoms with Crippen molar-refractivity contribution in [2.24, 2.45) is 5.92 Å². The molecular weight excluding hydrogens is 258 g/mol. The molecule has 0 saturated heterocycles. The van der Waals surface area contributed by atoms with Crippen molar-refractivity contribution in [3.05, 3.63) is 24.1 Å². The number of oxazole rings is 1. The zero-order valence-electron chi connectivity index (χ0n) is 11.8. The summed E-state index contributed by atoms with van der Waals surface area (Å²) in [6, 6.07) is 4.87. The minimum Gasteiger partial charge on any atom is -0.441 e. The molecule has 2 aromatic rings. The van der Waals surface area contributed by atoms with E-state index >= 15 is 0 Å². The van der Waals surface area contributed by atoms with Gasteiger partial charge in [0.15, 0.2) is 11.5 Å². The van der Waals surface area contributed by atoms with Gasteiger partial charge >= 0.3 is 6.03 Å². The number of aromatic nitrogens is 1. The third-order valence-corrected chi connectivity index (χ3v) is 3.25. The van der Waals surface area contributed by atoms with E-state index in [2.05, 4.69) is 15.6 Å². The molecule has 0 aliphatic carbocycles. The highest BCUT2D eigenvalue weighted by Crippen LogP contribution is 2.19. The fraction of sp³-hybridized carbons (Fsp3) is 0.429. The van der Waals surface area contributed by atoms with Gasteiger partial charge in [-0.1, -0.05) is 6.92 Å². The van der Waals surface area contributed by atoms with Crippen LogP contribution in [0.15, 0.2) is 22.6 Å². The van der Waals surface area contributed by atoms with Crippen molar-refractivity contribution in [1.29, 1.82) is 0 Å². The first-order valence-corrected chi connectivity index (χ1v) is 6.55. The van der Waals surface area contributed by atoms with E-state index in [4.69, 9.17) is 9.52 Å². The number of nitrogens with one attached hydrogen (secondary N) is 2. The number of amides is 2. The van der Waals surface area contributed by atoms with Gasteiger partial charge in [-0.05, 0) is 25.0 Å². The first kappa shape index (κ1) is 14.3. The van der Waals surface area contributed by atoms with Crippen molar-refractivity contribution < 1.29 is 14.3 Å². The van der Waals surface area contributed by atoms with E-state index in [1.807, 2.05) is 13.8 Å². The molecule has 0 spiro atoms. The number of urea groups is 1. The van der Waals surface area contributed by atoms with Crippen LogP contribution in [0.5, 0.6) is 0 Å². The Bertz CT molecular complexity index is 609. The van der Waals surface area contributed by atoms with Crippen LogP contribution in [0.3, 0.4) is 0 Å². The summed E-state index contributed by atoms with van der Waals surface area (Å²) >= 11 is 0. The second-order valence-corrected chi connectivity index (χ2v) is 4.96. The van der Waals surface area contributed by atoms with Crippen molar-refractivity contribution in [2.75, 3.05) is 11.9 Å². The average Bonchev–Trinajstić information content (AvgIpc) is 2.76. The molecule has 6 nitrogen and oxygen atoms in total. The number of rotatable bonds is 4. The molecule has 2 unspecified atom stereocenters. The summed E-state index contributed by atoms with van der Waals surface area (Å²) < 4.78 is 5.41. The van der Waals surface area contributed by atoms with E-state index in [9.17, 15) is 4.79 Å². The third-order valence-electron chi connectivity index (χ3n) is 3.25. The Morgan fingerprint density at radius 2 is 2.20 bits per heavy atom. The van der Waals surface area contributed by atoms with Crippen LogP contribution in [0, 0.1) is 12.8 Å². The van der Waals surface area contributed by atoms with Gasteiger partial charge in [0.25, 0.3) is 0 Å². The first-order valence-electron chi connectivity index (χ1n) is 6.55. The fourth-order valence-corrected chi connectivity index (χ4v) is 1.79. The Hall–Kier alpha value is -2.08. The molecule has 1 heterocycles. The van der Waals surface area contributed by atoms with Gasteiger partial charge in [0.05, 0.1) is 0 Å². The molecule has 3 N–H and O–H groups in total. The van der Waals surface area contributed by atoms with Crippen molar-refractivity contribution in [3.63, 3.8) is 0 Å². The number of hydrogen-bond acceptors (Lipinski definition) is 4. The van der Waals surface area contributed by atoms with Crippen LogP contribution in [-0.4, -0.2) is 28.8 Å². The molecule has 0 bridgehead atoms. The topological polar surface area (TPSA) is 87.4 Å². The van der Waals surface area contributed by atoms with Crippen LogP contribution in [-0.2, 0) is 0 Å². The molecule has 0 saturated carbocycles. The Balaban J connectivity index is 2.02. The van der Waals surface area contributed by atoms with Gasteiger partial charge in [0.1, 0.15) is 5.52 Å². The number of benzene rings is 1. The van der Waals surface area contributed by atoms with E-state index in [0.29, 0.717) is 17.2 Å². The normalized spacial score (nSPS) is 14.0. The monoisotopic (exact) mass is 277 g/mol. The van der Waals surface area contributed by atoms with Crippen LogP contribution < -0.4 is 10.6 Å². The summed E-state index contributed by atoms with van der Waals surface area (Å²) in [7, 11) is 0. The lowest BCUT2D eigenvalue weighted by molar-refractivity contribution is 0.204. The number of carbonyl (C=O) groups is 1. The van der Waals surface area contributed by atoms with Crippen LogP contribution in [0.25, 0.3) is 11.1 Å². The summed E-state index contributed by atoms with van der Waals surface area (Å²) in [6.07, 6.45) is 0. The Morgan fingerprint density at radius 3 is 2.90 bits per heavy atom. The Morgan fingerprint density at radius 1 is 1.45 bits per heavy atom. The van der Waals surface area contributed by atoms with Gasteiger partial charge < -0.3 is 20.2 Å². The Labute approximate surface area is 117 Å². The zero-order valence-corrected chi connectivity index (χ0v) is 11.8. The van der Waals surface area contributed by atoms with E-state index in [-0.39, 0.29) is 24.6 Å². The van der Waals surface area contributed by atoms with Gasteiger partial charge in [-0.25, -0.2) is 9.78 Å². The van der Waals surface area contributed by atoms with Gasteiger partial charge in [-0.15, -0.1) is 0 Å². The summed E-state index contributed by atoms with van der Waals surface area (Å²) in [4.78, 5) is 16.0. The van der Waals surface area contributed by atoms with Crippen molar-refractivity contribution in [1.82, 2.24) is 10.3 Å². The highest BCUT2D eigenvalue weighted by Gasteiger charge is 2.14. The smallest absolute Gasteiger partial charge is 0.319 e. The molecular formula is C14H19N3O3. The van der Waals surface area contributed by atoms with E-state index in [0.717, 1.165) is 5.52 Å². The molecule has 1 aromatic heterocycles. The largest absolute Gasteiger partial charge is 0.441 e. The molecule has 2 amide bonds. The molecule has 0 aliphatic heterocycles. The van der Waals surface area contributed by atoms with Crippen LogP contribution in [0.4, 0.5) is 10.5 Å². The van der Waals surface area contributed by atoms with E-state index in [1.54, 1.807) is 25.1 Å². The van der Waals surface area contributed by atoms with Gasteiger partial charge in [-0.3, -0.25) is 0 Å². The lowest BCUT2D eigenvalue weighted by Crippen LogP contribution is -2.40. The minimum atomic E-state index is -0.312. The van der Waals surface area contributed by atoms with Gasteiger partial charge in [0.2, 0.25) is 0 Å². The molecule has 0 radical (unpaired) electrons. The molecule has 2 atom stereocenters. The number of anilines is 1. The predicted molar refractivity (Wildman–Crippen MR) is 76.6 cm³/mol. The molecule has 108 valence electrons. The molecule has 1 aromatic carbocycles. The zero-order chi connectivity index (χ0) is 14.7. The maximum Gasteiger partial charge on any atom is 0.319 e. The van der Waals surface area contributed by atoms with Crippen LogP contribution in [0.2, 0.25) is 0 Å². The van der Waals surface area contributed by atoms with Crippen molar-refractivity contribution in [2.45, 2.75) is 26.8 Å². The highest BCUT2D eigenvalue weighted by molar-refractivity contribution is 5.91. The number of nitrogens with zero attached hydrogens (tertiary/aromatic N) is 1. The van der Waals surface area contributed by atoms with E-state index in [1.165, 1.54) is 0 Å². The summed E-state index contributed by atoms with van der Waals surface area (Å²) in [5.41, 5.74) is 2.03. The maximum atomic E-state index is 11.8. The maximum absolute atomic E-state index is 11.8. The number of aliphatic hydroxyl groups is 1. The van der Waals surface area contributed by atoms with E-state index < -0.39 is 0 Å². The lowest BCUT2D eigenvalue weighted by Gasteiger charge is -2.19. The highest BCUT2D eigenvalue weighted by atomic mass is 16.3. The minimum absolute atomic E-state index is 0.000142. The molecule has 6 heteroatoms. The van der Waals surface area contributed by atoms with Crippen molar-refractivity contribution in [3.8, 4) is 0 Å². The second-order valence-electron chi connectivity index (χ2n) is 4.96. The standard InChI is InChI=1S/C14H19N3O3/c1-8(7-18)9(2)15-14(19)17-11-4-5-12-13(6-11)20-10(3)16-12/h4-6,8-9,18H,7H2,1-3H3,(H2,15,17,19). The van der Waals surface area contributed by atoms with Crippen molar-refractivity contribution >= 4 is 22.8 Å². The predicted octanol–water partition coefficient (Wildman–Crippen LogP) is 2.27. The third kappa shape index (κ3) is 3.27. The molecule has 2 rings (SSSR count). The quantitative estimate of drug-likeness (QED) is 0.800. The van der Waals surface area contributed by atoms with Crippen LogP contribution >= 0.6 is 0 Å². The molecule has 0 aliphatic rings. The van der Waals surface area contributed by atoms with Gasteiger partial charge in [-0.2, -0.15) is 0 Å². The van der Waals surface area contributed by atoms with Gasteiger partial charge in [0, 0.05) is 31.3 Å². The first-order chi connectivity index (χ1) is 9.49. The number of aryl methyl sites for hydroxylation is 1. The number of carbonyl (C=O) groups excluding carboxylic acids is 1. The average molecular weight is 277 g/mol.